The van der Waals surface area contributed by atoms with Gasteiger partial charge in [-0.1, -0.05) is 18.2 Å². The lowest BCUT2D eigenvalue weighted by atomic mass is 10.1. The largest absolute Gasteiger partial charge is 0.469 e. The van der Waals surface area contributed by atoms with Gasteiger partial charge in [-0.05, 0) is 13.0 Å². The van der Waals surface area contributed by atoms with Crippen LogP contribution in [0.5, 0.6) is 0 Å². The second kappa shape index (κ2) is 7.59. The molecule has 0 unspecified atom stereocenters. The van der Waals surface area contributed by atoms with Crippen molar-refractivity contribution in [3.05, 3.63) is 35.5 Å². The van der Waals surface area contributed by atoms with Gasteiger partial charge in [0.1, 0.15) is 0 Å². The quantitative estimate of drug-likeness (QED) is 0.845. The fourth-order valence-corrected chi connectivity index (χ4v) is 3.34. The minimum Gasteiger partial charge on any atom is -0.469 e. The van der Waals surface area contributed by atoms with Crippen LogP contribution in [0.2, 0.25) is 0 Å². The Hall–Kier alpha value is -2.83. The third kappa shape index (κ3) is 3.56. The van der Waals surface area contributed by atoms with Crippen molar-refractivity contribution < 1.29 is 19.1 Å². The molecule has 2 aromatic rings. The summed E-state index contributed by atoms with van der Waals surface area (Å²) in [7, 11) is 1.31. The van der Waals surface area contributed by atoms with Crippen molar-refractivity contribution in [1.82, 2.24) is 14.8 Å². The summed E-state index contributed by atoms with van der Waals surface area (Å²) >= 11 is 0. The molecule has 1 N–H and O–H groups in total. The van der Waals surface area contributed by atoms with Gasteiger partial charge in [-0.15, -0.1) is 0 Å². The number of amides is 2. The molecule has 0 aliphatic carbocycles. The van der Waals surface area contributed by atoms with E-state index in [1.165, 1.54) is 7.11 Å². The van der Waals surface area contributed by atoms with E-state index in [1.807, 2.05) is 31.2 Å². The summed E-state index contributed by atoms with van der Waals surface area (Å²) in [6, 6.07) is 7.76. The molecular weight excluding hydrogens is 334 g/mol. The number of methoxy groups -OCH3 is 1. The van der Waals surface area contributed by atoms with Crippen LogP contribution < -0.4 is 0 Å². The second-order valence-corrected chi connectivity index (χ2v) is 6.42. The van der Waals surface area contributed by atoms with Crippen molar-refractivity contribution >= 4 is 28.7 Å². The van der Waals surface area contributed by atoms with Crippen molar-refractivity contribution in [2.45, 2.75) is 19.8 Å². The number of benzene rings is 1. The number of esters is 1. The number of carbonyl (C=O) groups is 3. The maximum absolute atomic E-state index is 13.0. The molecule has 26 heavy (non-hydrogen) atoms. The van der Waals surface area contributed by atoms with Crippen molar-refractivity contribution in [3.8, 4) is 0 Å². The summed E-state index contributed by atoms with van der Waals surface area (Å²) in [6.07, 6.45) is 0.227. The third-order valence-corrected chi connectivity index (χ3v) is 4.80. The highest BCUT2D eigenvalue weighted by Gasteiger charge is 2.27. The van der Waals surface area contributed by atoms with Crippen LogP contribution in [0.4, 0.5) is 0 Å². The van der Waals surface area contributed by atoms with Gasteiger partial charge in [-0.2, -0.15) is 0 Å². The number of nitrogens with zero attached hydrogens (tertiary/aromatic N) is 2. The lowest BCUT2D eigenvalue weighted by Crippen LogP contribution is -2.50. The molecule has 0 spiro atoms. The number of aryl methyl sites for hydroxylation is 1. The molecule has 0 bridgehead atoms. The molecule has 7 nitrogen and oxygen atoms in total. The standard InChI is InChI=1S/C19H23N3O4/c1-13-18(14-5-3-4-6-15(14)20-13)19(25)22-11-9-21(10-12-22)16(23)7-8-17(24)26-2/h3-6,20H,7-12H2,1-2H3. The smallest absolute Gasteiger partial charge is 0.306 e. The monoisotopic (exact) mass is 357 g/mol. The second-order valence-electron chi connectivity index (χ2n) is 6.42. The number of fused-ring (bicyclic) bond motifs is 1. The van der Waals surface area contributed by atoms with E-state index in [0.29, 0.717) is 31.7 Å². The number of rotatable bonds is 4. The highest BCUT2D eigenvalue weighted by Crippen LogP contribution is 2.24. The molecular formula is C19H23N3O4. The first-order chi connectivity index (χ1) is 12.5. The van der Waals surface area contributed by atoms with Gasteiger partial charge >= 0.3 is 5.97 Å². The zero-order valence-electron chi connectivity index (χ0n) is 15.1. The summed E-state index contributed by atoms with van der Waals surface area (Å²) in [4.78, 5) is 43.0. The van der Waals surface area contributed by atoms with E-state index in [0.717, 1.165) is 16.6 Å². The maximum Gasteiger partial charge on any atom is 0.306 e. The Balaban J connectivity index is 1.62. The van der Waals surface area contributed by atoms with Crippen molar-refractivity contribution in [2.24, 2.45) is 0 Å². The minimum absolute atomic E-state index is 0.0124. The molecule has 1 aliphatic rings. The van der Waals surface area contributed by atoms with Crippen LogP contribution in [0.1, 0.15) is 28.9 Å². The predicted molar refractivity (Wildman–Crippen MR) is 96.8 cm³/mol. The topological polar surface area (TPSA) is 82.7 Å². The Labute approximate surface area is 151 Å². The first-order valence-electron chi connectivity index (χ1n) is 8.72. The van der Waals surface area contributed by atoms with Crippen LogP contribution in [-0.4, -0.2) is 65.9 Å². The fourth-order valence-electron chi connectivity index (χ4n) is 3.34. The van der Waals surface area contributed by atoms with Crippen molar-refractivity contribution in [3.63, 3.8) is 0 Å². The van der Waals surface area contributed by atoms with Crippen LogP contribution in [0.3, 0.4) is 0 Å². The van der Waals surface area contributed by atoms with E-state index in [1.54, 1.807) is 9.80 Å². The van der Waals surface area contributed by atoms with E-state index in [4.69, 9.17) is 0 Å². The number of H-pyrrole nitrogens is 1. The highest BCUT2D eigenvalue weighted by molar-refractivity contribution is 6.08. The molecule has 1 fully saturated rings. The highest BCUT2D eigenvalue weighted by atomic mass is 16.5. The zero-order valence-corrected chi connectivity index (χ0v) is 15.1. The van der Waals surface area contributed by atoms with E-state index in [9.17, 15) is 14.4 Å². The number of aromatic nitrogens is 1. The summed E-state index contributed by atoms with van der Waals surface area (Å²) in [5.41, 5.74) is 2.50. The summed E-state index contributed by atoms with van der Waals surface area (Å²) in [5.74, 6) is -0.477. The number of ether oxygens (including phenoxy) is 1. The van der Waals surface area contributed by atoms with Gasteiger partial charge in [-0.25, -0.2) is 0 Å². The Bertz CT molecular complexity index is 834. The van der Waals surface area contributed by atoms with E-state index >= 15 is 0 Å². The van der Waals surface area contributed by atoms with Crippen LogP contribution >= 0.6 is 0 Å². The molecule has 1 aliphatic heterocycles. The molecule has 1 aromatic carbocycles. The van der Waals surface area contributed by atoms with Crippen molar-refractivity contribution in [1.29, 1.82) is 0 Å². The number of hydrogen-bond donors (Lipinski definition) is 1. The van der Waals surface area contributed by atoms with Gasteiger partial charge in [0, 0.05) is 49.2 Å². The molecule has 7 heteroatoms. The van der Waals surface area contributed by atoms with Crippen molar-refractivity contribution in [2.75, 3.05) is 33.3 Å². The number of nitrogens with one attached hydrogen (secondary N) is 1. The predicted octanol–water partition coefficient (Wildman–Crippen LogP) is 1.71. The number of carbonyl (C=O) groups excluding carboxylic acids is 3. The normalized spacial score (nSPS) is 14.5. The lowest BCUT2D eigenvalue weighted by molar-refractivity contribution is -0.143. The van der Waals surface area contributed by atoms with E-state index in [2.05, 4.69) is 9.72 Å². The molecule has 2 heterocycles. The number of para-hydroxylation sites is 1. The summed E-state index contributed by atoms with van der Waals surface area (Å²) in [5, 5.41) is 0.923. The van der Waals surface area contributed by atoms with Gasteiger partial charge in [0.25, 0.3) is 5.91 Å². The first-order valence-corrected chi connectivity index (χ1v) is 8.72. The average Bonchev–Trinajstić information content (AvgIpc) is 3.01. The van der Waals surface area contributed by atoms with Crippen LogP contribution in [0, 0.1) is 6.92 Å². The molecule has 3 rings (SSSR count). The zero-order chi connectivity index (χ0) is 18.7. The summed E-state index contributed by atoms with van der Waals surface area (Å²) < 4.78 is 4.56. The molecule has 1 saturated heterocycles. The Morgan fingerprint density at radius 3 is 2.38 bits per heavy atom. The van der Waals surface area contributed by atoms with Crippen LogP contribution in [0.25, 0.3) is 10.9 Å². The van der Waals surface area contributed by atoms with Gasteiger partial charge in [-0.3, -0.25) is 14.4 Å². The van der Waals surface area contributed by atoms with Crippen LogP contribution in [-0.2, 0) is 14.3 Å². The number of hydrogen-bond acceptors (Lipinski definition) is 4. The fraction of sp³-hybridized carbons (Fsp3) is 0.421. The lowest BCUT2D eigenvalue weighted by Gasteiger charge is -2.35. The number of piperazine rings is 1. The van der Waals surface area contributed by atoms with Crippen LogP contribution in [0.15, 0.2) is 24.3 Å². The van der Waals surface area contributed by atoms with E-state index < -0.39 is 0 Å². The minimum atomic E-state index is -0.387. The Morgan fingerprint density at radius 2 is 1.69 bits per heavy atom. The van der Waals surface area contributed by atoms with Gasteiger partial charge < -0.3 is 19.5 Å². The Kier molecular flexibility index (Phi) is 5.25. The van der Waals surface area contributed by atoms with Gasteiger partial charge in [0.2, 0.25) is 5.91 Å². The average molecular weight is 357 g/mol. The molecule has 0 saturated carbocycles. The number of aromatic amines is 1. The molecule has 0 radical (unpaired) electrons. The molecule has 1 aromatic heterocycles. The Morgan fingerprint density at radius 1 is 1.04 bits per heavy atom. The maximum atomic E-state index is 13.0. The third-order valence-electron chi connectivity index (χ3n) is 4.80. The SMILES string of the molecule is COC(=O)CCC(=O)N1CCN(C(=O)c2c(C)[nH]c3ccccc23)CC1. The summed E-state index contributed by atoms with van der Waals surface area (Å²) in [6.45, 7) is 3.84. The molecule has 2 amide bonds. The van der Waals surface area contributed by atoms with Gasteiger partial charge in [0.15, 0.2) is 0 Å². The first kappa shape index (κ1) is 18.0. The van der Waals surface area contributed by atoms with E-state index in [-0.39, 0.29) is 30.6 Å². The molecule has 138 valence electrons. The van der Waals surface area contributed by atoms with Gasteiger partial charge in [0.05, 0.1) is 19.1 Å². The molecule has 0 atom stereocenters.